The molecule has 0 aromatic carbocycles. The maximum absolute atomic E-state index is 12.1. The van der Waals surface area contributed by atoms with Crippen molar-refractivity contribution in [2.24, 2.45) is 5.41 Å². The summed E-state index contributed by atoms with van der Waals surface area (Å²) in [7, 11) is 2.00. The average Bonchev–Trinajstić information content (AvgIpc) is 2.85. The number of carbonyl (C=O) groups is 1. The van der Waals surface area contributed by atoms with E-state index in [1.54, 1.807) is 0 Å². The predicted molar refractivity (Wildman–Crippen MR) is 71.6 cm³/mol. The van der Waals surface area contributed by atoms with Gasteiger partial charge in [0.05, 0.1) is 0 Å². The van der Waals surface area contributed by atoms with E-state index in [0.29, 0.717) is 11.5 Å². The number of ether oxygens (including phenoxy) is 1. The Labute approximate surface area is 110 Å². The largest absolute Gasteiger partial charge is 0.444 e. The van der Waals surface area contributed by atoms with Crippen LogP contribution in [0.15, 0.2) is 0 Å². The fraction of sp³-hybridized carbons (Fsp3) is 0.929. The highest BCUT2D eigenvalue weighted by atomic mass is 16.6. The van der Waals surface area contributed by atoms with Gasteiger partial charge in [0.2, 0.25) is 0 Å². The lowest BCUT2D eigenvalue weighted by Gasteiger charge is -2.29. The van der Waals surface area contributed by atoms with Gasteiger partial charge in [-0.05, 0) is 40.7 Å². The Morgan fingerprint density at radius 2 is 1.94 bits per heavy atom. The summed E-state index contributed by atoms with van der Waals surface area (Å²) in [6.45, 7) is 7.39. The standard InChI is InChI=1S/C14H26N2O2/c1-13(2,3)18-12(17)16-9-11(15-4)14(10-16)7-5-6-8-14/h11,15H,5-10H2,1-4H3. The minimum absolute atomic E-state index is 0.161. The van der Waals surface area contributed by atoms with Gasteiger partial charge >= 0.3 is 6.09 Å². The van der Waals surface area contributed by atoms with E-state index >= 15 is 0 Å². The molecule has 1 spiro atoms. The van der Waals surface area contributed by atoms with E-state index in [1.165, 1.54) is 25.7 Å². The summed E-state index contributed by atoms with van der Waals surface area (Å²) in [6.07, 6.45) is 4.89. The van der Waals surface area contributed by atoms with Gasteiger partial charge in [-0.1, -0.05) is 12.8 Å². The van der Waals surface area contributed by atoms with Gasteiger partial charge in [0, 0.05) is 24.5 Å². The first kappa shape index (κ1) is 13.7. The molecule has 1 atom stereocenters. The number of amides is 1. The lowest BCUT2D eigenvalue weighted by Crippen LogP contribution is -2.40. The first-order valence-electron chi connectivity index (χ1n) is 7.01. The zero-order valence-corrected chi connectivity index (χ0v) is 12.1. The molecule has 0 bridgehead atoms. The fourth-order valence-corrected chi connectivity index (χ4v) is 3.42. The highest BCUT2D eigenvalue weighted by molar-refractivity contribution is 5.68. The SMILES string of the molecule is CNC1CN(C(=O)OC(C)(C)C)CC12CCCC2. The van der Waals surface area contributed by atoms with Crippen LogP contribution in [-0.2, 0) is 4.74 Å². The molecular formula is C14H26N2O2. The minimum atomic E-state index is -0.405. The van der Waals surface area contributed by atoms with Gasteiger partial charge in [0.15, 0.2) is 0 Å². The second-order valence-electron chi connectivity index (χ2n) is 6.77. The molecule has 4 heteroatoms. The molecule has 1 N–H and O–H groups in total. The van der Waals surface area contributed by atoms with Crippen LogP contribution in [0.1, 0.15) is 46.5 Å². The van der Waals surface area contributed by atoms with Gasteiger partial charge in [-0.15, -0.1) is 0 Å². The number of rotatable bonds is 1. The zero-order chi connectivity index (χ0) is 13.4. The van der Waals surface area contributed by atoms with Gasteiger partial charge in [0.25, 0.3) is 0 Å². The summed E-state index contributed by atoms with van der Waals surface area (Å²) in [4.78, 5) is 14.0. The zero-order valence-electron chi connectivity index (χ0n) is 12.1. The van der Waals surface area contributed by atoms with Crippen molar-refractivity contribution in [1.82, 2.24) is 10.2 Å². The van der Waals surface area contributed by atoms with Crippen molar-refractivity contribution in [3.05, 3.63) is 0 Å². The van der Waals surface area contributed by atoms with Crippen molar-refractivity contribution in [2.75, 3.05) is 20.1 Å². The lowest BCUT2D eigenvalue weighted by atomic mass is 9.81. The molecule has 1 unspecified atom stereocenters. The Morgan fingerprint density at radius 1 is 1.33 bits per heavy atom. The molecule has 0 aromatic heterocycles. The average molecular weight is 254 g/mol. The number of likely N-dealkylation sites (tertiary alicyclic amines) is 1. The van der Waals surface area contributed by atoms with E-state index in [1.807, 2.05) is 32.7 Å². The van der Waals surface area contributed by atoms with Crippen molar-refractivity contribution < 1.29 is 9.53 Å². The van der Waals surface area contributed by atoms with E-state index in [-0.39, 0.29) is 6.09 Å². The molecule has 1 heterocycles. The Morgan fingerprint density at radius 3 is 2.44 bits per heavy atom. The summed E-state index contributed by atoms with van der Waals surface area (Å²) in [6, 6.07) is 0.424. The topological polar surface area (TPSA) is 41.6 Å². The first-order chi connectivity index (χ1) is 8.36. The third-order valence-corrected chi connectivity index (χ3v) is 4.25. The quantitative estimate of drug-likeness (QED) is 0.781. The van der Waals surface area contributed by atoms with Crippen molar-refractivity contribution in [3.63, 3.8) is 0 Å². The van der Waals surface area contributed by atoms with Gasteiger partial charge in [-0.25, -0.2) is 4.79 Å². The third kappa shape index (κ3) is 2.63. The second kappa shape index (κ2) is 4.72. The molecular weight excluding hydrogens is 228 g/mol. The third-order valence-electron chi connectivity index (χ3n) is 4.25. The molecule has 2 rings (SSSR count). The highest BCUT2D eigenvalue weighted by Crippen LogP contribution is 2.45. The van der Waals surface area contributed by atoms with Crippen molar-refractivity contribution in [2.45, 2.75) is 58.1 Å². The van der Waals surface area contributed by atoms with Crippen LogP contribution in [0.2, 0.25) is 0 Å². The number of nitrogens with one attached hydrogen (secondary N) is 1. The maximum Gasteiger partial charge on any atom is 0.410 e. The molecule has 104 valence electrons. The van der Waals surface area contributed by atoms with Crippen LogP contribution in [0.4, 0.5) is 4.79 Å². The van der Waals surface area contributed by atoms with Gasteiger partial charge in [-0.2, -0.15) is 0 Å². The van der Waals surface area contributed by atoms with Crippen molar-refractivity contribution in [3.8, 4) is 0 Å². The molecule has 1 aliphatic carbocycles. The molecule has 1 amide bonds. The van der Waals surface area contributed by atoms with Crippen molar-refractivity contribution in [1.29, 1.82) is 0 Å². The molecule has 1 saturated carbocycles. The Hall–Kier alpha value is -0.770. The summed E-state index contributed by atoms with van der Waals surface area (Å²) >= 11 is 0. The molecule has 1 saturated heterocycles. The number of likely N-dealkylation sites (N-methyl/N-ethyl adjacent to an activating group) is 1. The highest BCUT2D eigenvalue weighted by Gasteiger charge is 2.49. The van der Waals surface area contributed by atoms with Crippen LogP contribution >= 0.6 is 0 Å². The van der Waals surface area contributed by atoms with Crippen LogP contribution < -0.4 is 5.32 Å². The lowest BCUT2D eigenvalue weighted by molar-refractivity contribution is 0.0273. The van der Waals surface area contributed by atoms with Crippen LogP contribution in [0, 0.1) is 5.41 Å². The smallest absolute Gasteiger partial charge is 0.410 e. The van der Waals surface area contributed by atoms with Crippen LogP contribution in [0.5, 0.6) is 0 Å². The Balaban J connectivity index is 2.03. The van der Waals surface area contributed by atoms with Gasteiger partial charge < -0.3 is 15.0 Å². The number of hydrogen-bond acceptors (Lipinski definition) is 3. The Bertz CT molecular complexity index is 316. The molecule has 0 aromatic rings. The van der Waals surface area contributed by atoms with E-state index in [0.717, 1.165) is 13.1 Å². The van der Waals surface area contributed by atoms with Crippen LogP contribution in [0.3, 0.4) is 0 Å². The van der Waals surface area contributed by atoms with Crippen molar-refractivity contribution >= 4 is 6.09 Å². The summed E-state index contributed by atoms with van der Waals surface area (Å²) in [5, 5.41) is 3.39. The normalized spacial score (nSPS) is 26.9. The summed E-state index contributed by atoms with van der Waals surface area (Å²) in [5.41, 5.74) is -0.108. The Kier molecular flexibility index (Phi) is 3.58. The molecule has 18 heavy (non-hydrogen) atoms. The van der Waals surface area contributed by atoms with Crippen LogP contribution in [0.25, 0.3) is 0 Å². The summed E-state index contributed by atoms with van der Waals surface area (Å²) in [5.74, 6) is 0. The molecule has 2 fully saturated rings. The fourth-order valence-electron chi connectivity index (χ4n) is 3.42. The van der Waals surface area contributed by atoms with Gasteiger partial charge in [0.1, 0.15) is 5.60 Å². The van der Waals surface area contributed by atoms with E-state index in [2.05, 4.69) is 5.32 Å². The molecule has 0 radical (unpaired) electrons. The maximum atomic E-state index is 12.1. The van der Waals surface area contributed by atoms with Crippen LogP contribution in [-0.4, -0.2) is 42.8 Å². The molecule has 2 aliphatic rings. The monoisotopic (exact) mass is 254 g/mol. The predicted octanol–water partition coefficient (Wildman–Crippen LogP) is 2.39. The van der Waals surface area contributed by atoms with E-state index < -0.39 is 5.60 Å². The first-order valence-corrected chi connectivity index (χ1v) is 7.01. The summed E-state index contributed by atoms with van der Waals surface area (Å²) < 4.78 is 5.48. The number of hydrogen-bond donors (Lipinski definition) is 1. The van der Waals surface area contributed by atoms with E-state index in [4.69, 9.17) is 4.74 Å². The molecule has 1 aliphatic heterocycles. The second-order valence-corrected chi connectivity index (χ2v) is 6.77. The number of carbonyl (C=O) groups excluding carboxylic acids is 1. The number of nitrogens with zero attached hydrogens (tertiary/aromatic N) is 1. The minimum Gasteiger partial charge on any atom is -0.444 e. The van der Waals surface area contributed by atoms with E-state index in [9.17, 15) is 4.79 Å². The van der Waals surface area contributed by atoms with Gasteiger partial charge in [-0.3, -0.25) is 0 Å². The molecule has 4 nitrogen and oxygen atoms in total.